The highest BCUT2D eigenvalue weighted by atomic mass is 79.9. The van der Waals surface area contributed by atoms with Gasteiger partial charge in [0.25, 0.3) is 0 Å². The average molecular weight is 396 g/mol. The van der Waals surface area contributed by atoms with Crippen molar-refractivity contribution in [2.45, 2.75) is 19.8 Å². The first kappa shape index (κ1) is 18.2. The summed E-state index contributed by atoms with van der Waals surface area (Å²) < 4.78 is 11.4. The van der Waals surface area contributed by atoms with Gasteiger partial charge in [-0.05, 0) is 24.1 Å². The standard InChI is InChI=1S/C17H18BrNO5/c1-9(16-15(17(21)22)12(20)4-5-19-16)6-10-7-13(23-2)14(24-3)8-11(10)18/h5,7-9H,4,6H2,1-3H3,(H,21,22). The predicted molar refractivity (Wildman–Crippen MR) is 92.9 cm³/mol. The van der Waals surface area contributed by atoms with Crippen molar-refractivity contribution in [1.82, 2.24) is 0 Å². The molecule has 128 valence electrons. The predicted octanol–water partition coefficient (Wildman–Crippen LogP) is 3.03. The number of methoxy groups -OCH3 is 2. The summed E-state index contributed by atoms with van der Waals surface area (Å²) in [5.74, 6) is -0.711. The maximum atomic E-state index is 11.9. The van der Waals surface area contributed by atoms with Crippen LogP contribution in [-0.4, -0.2) is 37.3 Å². The fraction of sp³-hybridized carbons (Fsp3) is 0.353. The quantitative estimate of drug-likeness (QED) is 0.748. The second-order valence-electron chi connectivity index (χ2n) is 5.41. The number of nitrogens with zero attached hydrogens (tertiary/aromatic N) is 1. The molecule has 0 fully saturated rings. The molecule has 2 rings (SSSR count). The Hall–Kier alpha value is -2.15. The van der Waals surface area contributed by atoms with Gasteiger partial charge in [-0.2, -0.15) is 0 Å². The van der Waals surface area contributed by atoms with Crippen LogP contribution in [0.4, 0.5) is 0 Å². The molecule has 1 heterocycles. The van der Waals surface area contributed by atoms with E-state index >= 15 is 0 Å². The van der Waals surface area contributed by atoms with Crippen molar-refractivity contribution in [3.05, 3.63) is 33.4 Å². The molecule has 0 saturated heterocycles. The van der Waals surface area contributed by atoms with E-state index in [2.05, 4.69) is 20.9 Å². The number of halogens is 1. The molecular formula is C17H18BrNO5. The van der Waals surface area contributed by atoms with Crippen LogP contribution >= 0.6 is 15.9 Å². The van der Waals surface area contributed by atoms with Gasteiger partial charge in [0.05, 0.1) is 19.9 Å². The van der Waals surface area contributed by atoms with E-state index in [1.54, 1.807) is 20.3 Å². The van der Waals surface area contributed by atoms with Gasteiger partial charge in [0.2, 0.25) is 0 Å². The van der Waals surface area contributed by atoms with Crippen molar-refractivity contribution >= 4 is 33.9 Å². The lowest BCUT2D eigenvalue weighted by molar-refractivity contribution is -0.134. The van der Waals surface area contributed by atoms with Crippen molar-refractivity contribution in [2.75, 3.05) is 14.2 Å². The monoisotopic (exact) mass is 395 g/mol. The number of Topliss-reactive ketones (excluding diaryl/α,β-unsaturated/α-hetero) is 1. The van der Waals surface area contributed by atoms with Gasteiger partial charge in [0.1, 0.15) is 5.57 Å². The van der Waals surface area contributed by atoms with E-state index in [9.17, 15) is 14.7 Å². The topological polar surface area (TPSA) is 85.2 Å². The number of carboxylic acids is 1. The summed E-state index contributed by atoms with van der Waals surface area (Å²) in [5.41, 5.74) is 0.993. The third-order valence-corrected chi connectivity index (χ3v) is 4.54. The normalized spacial score (nSPS) is 15.4. The Morgan fingerprint density at radius 1 is 1.33 bits per heavy atom. The molecule has 1 aromatic rings. The Kier molecular flexibility index (Phi) is 5.77. The van der Waals surface area contributed by atoms with Crippen molar-refractivity contribution in [3.8, 4) is 11.5 Å². The molecule has 0 aliphatic carbocycles. The molecule has 1 aromatic carbocycles. The maximum Gasteiger partial charge on any atom is 0.341 e. The average Bonchev–Trinajstić information content (AvgIpc) is 2.55. The first-order chi connectivity index (χ1) is 11.4. The lowest BCUT2D eigenvalue weighted by atomic mass is 9.91. The van der Waals surface area contributed by atoms with Gasteiger partial charge in [-0.1, -0.05) is 22.9 Å². The van der Waals surface area contributed by atoms with Crippen LogP contribution in [-0.2, 0) is 16.0 Å². The van der Waals surface area contributed by atoms with Crippen LogP contribution in [0, 0.1) is 5.92 Å². The molecule has 1 aliphatic heterocycles. The first-order valence-corrected chi connectivity index (χ1v) is 8.11. The van der Waals surface area contributed by atoms with Crippen LogP contribution in [0.2, 0.25) is 0 Å². The molecule has 7 heteroatoms. The van der Waals surface area contributed by atoms with E-state index < -0.39 is 11.8 Å². The highest BCUT2D eigenvalue weighted by Crippen LogP contribution is 2.35. The van der Waals surface area contributed by atoms with Gasteiger partial charge >= 0.3 is 5.97 Å². The molecule has 0 bridgehead atoms. The molecule has 0 aromatic heterocycles. The van der Waals surface area contributed by atoms with Crippen LogP contribution in [0.15, 0.2) is 32.9 Å². The number of aliphatic carboxylic acids is 1. The second kappa shape index (κ2) is 7.61. The van der Waals surface area contributed by atoms with Crippen molar-refractivity contribution in [3.63, 3.8) is 0 Å². The Morgan fingerprint density at radius 3 is 2.54 bits per heavy atom. The molecule has 1 unspecified atom stereocenters. The van der Waals surface area contributed by atoms with Crippen molar-refractivity contribution < 1.29 is 24.2 Å². The molecule has 24 heavy (non-hydrogen) atoms. The number of hydrogen-bond acceptors (Lipinski definition) is 5. The number of carbonyl (C=O) groups excluding carboxylic acids is 1. The number of carbonyl (C=O) groups is 2. The molecule has 1 aliphatic rings. The van der Waals surface area contributed by atoms with Gasteiger partial charge in [-0.3, -0.25) is 9.79 Å². The molecule has 0 radical (unpaired) electrons. The summed E-state index contributed by atoms with van der Waals surface area (Å²) in [6.45, 7) is 1.84. The first-order valence-electron chi connectivity index (χ1n) is 7.32. The highest BCUT2D eigenvalue weighted by molar-refractivity contribution is 9.10. The molecular weight excluding hydrogens is 378 g/mol. The Morgan fingerprint density at radius 2 is 1.96 bits per heavy atom. The number of benzene rings is 1. The number of rotatable bonds is 6. The molecule has 6 nitrogen and oxygen atoms in total. The second-order valence-corrected chi connectivity index (χ2v) is 6.26. The van der Waals surface area contributed by atoms with E-state index in [4.69, 9.17) is 9.47 Å². The number of ketones is 1. The van der Waals surface area contributed by atoms with Crippen LogP contribution < -0.4 is 9.47 Å². The molecule has 1 atom stereocenters. The zero-order chi connectivity index (χ0) is 17.9. The Labute approximate surface area is 148 Å². The zero-order valence-electron chi connectivity index (χ0n) is 13.6. The molecule has 0 spiro atoms. The lowest BCUT2D eigenvalue weighted by Gasteiger charge is -2.19. The summed E-state index contributed by atoms with van der Waals surface area (Å²) in [6.07, 6.45) is 1.99. The third kappa shape index (κ3) is 3.67. The smallest absolute Gasteiger partial charge is 0.341 e. The zero-order valence-corrected chi connectivity index (χ0v) is 15.2. The van der Waals surface area contributed by atoms with Gasteiger partial charge in [-0.25, -0.2) is 4.79 Å². The van der Waals surface area contributed by atoms with Gasteiger partial charge in [-0.15, -0.1) is 0 Å². The number of allylic oxidation sites excluding steroid dienone is 1. The summed E-state index contributed by atoms with van der Waals surface area (Å²) in [6, 6.07) is 3.62. The Bertz CT molecular complexity index is 739. The van der Waals surface area contributed by atoms with E-state index in [1.807, 2.05) is 13.0 Å². The minimum atomic E-state index is -1.23. The van der Waals surface area contributed by atoms with E-state index in [1.165, 1.54) is 6.21 Å². The minimum Gasteiger partial charge on any atom is -0.493 e. The molecule has 0 saturated carbocycles. The van der Waals surface area contributed by atoms with Crippen LogP contribution in [0.1, 0.15) is 18.9 Å². The maximum absolute atomic E-state index is 11.9. The fourth-order valence-corrected chi connectivity index (χ4v) is 3.10. The van der Waals surface area contributed by atoms with E-state index in [0.29, 0.717) is 23.6 Å². The summed E-state index contributed by atoms with van der Waals surface area (Å²) in [4.78, 5) is 27.4. The van der Waals surface area contributed by atoms with Crippen LogP contribution in [0.5, 0.6) is 11.5 Å². The van der Waals surface area contributed by atoms with E-state index in [-0.39, 0.29) is 17.9 Å². The van der Waals surface area contributed by atoms with Gasteiger partial charge < -0.3 is 14.6 Å². The molecule has 0 amide bonds. The fourth-order valence-electron chi connectivity index (χ4n) is 2.62. The third-order valence-electron chi connectivity index (χ3n) is 3.80. The van der Waals surface area contributed by atoms with Gasteiger partial charge in [0.15, 0.2) is 17.3 Å². The number of aliphatic imine (C=N–C) groups is 1. The van der Waals surface area contributed by atoms with Crippen molar-refractivity contribution in [2.24, 2.45) is 10.9 Å². The minimum absolute atomic E-state index is 0.0257. The number of ether oxygens (including phenoxy) is 2. The van der Waals surface area contributed by atoms with Crippen LogP contribution in [0.25, 0.3) is 0 Å². The highest BCUT2D eigenvalue weighted by Gasteiger charge is 2.28. The van der Waals surface area contributed by atoms with Crippen molar-refractivity contribution in [1.29, 1.82) is 0 Å². The Balaban J connectivity index is 2.37. The summed E-state index contributed by atoms with van der Waals surface area (Å²) >= 11 is 3.49. The summed E-state index contributed by atoms with van der Waals surface area (Å²) in [7, 11) is 3.10. The lowest BCUT2D eigenvalue weighted by Crippen LogP contribution is -2.21. The van der Waals surface area contributed by atoms with Crippen LogP contribution in [0.3, 0.4) is 0 Å². The van der Waals surface area contributed by atoms with E-state index in [0.717, 1.165) is 10.0 Å². The summed E-state index contributed by atoms with van der Waals surface area (Å²) in [5, 5.41) is 9.30. The largest absolute Gasteiger partial charge is 0.493 e. The SMILES string of the molecule is COc1cc(Br)c(CC(C)C2=C(C(=O)O)C(=O)CC=N2)cc1OC. The molecule has 1 N–H and O–H groups in total. The number of hydrogen-bond donors (Lipinski definition) is 1. The van der Waals surface area contributed by atoms with Gasteiger partial charge in [0, 0.05) is 23.0 Å². The number of carboxylic acid groups (broad SMARTS) is 1.